The smallest absolute Gasteiger partial charge is 0.222 e. The molecule has 140 valence electrons. The maximum Gasteiger partial charge on any atom is 0.222 e. The van der Waals surface area contributed by atoms with Crippen molar-refractivity contribution >= 4 is 23.4 Å². The summed E-state index contributed by atoms with van der Waals surface area (Å²) in [5.74, 6) is 6.87. The number of rotatable bonds is 3. The lowest BCUT2D eigenvalue weighted by atomic mass is 9.93. The molecule has 0 atom stereocenters. The van der Waals surface area contributed by atoms with E-state index in [1.54, 1.807) is 18.3 Å². The quantitative estimate of drug-likeness (QED) is 0.620. The standard InChI is InChI=1S/C20H23N5O2/c1-13(26)23-16-6-3-14(4-7-16)2-5-15-12-22-20(21)25-19(15)24-17-8-10-18(27)11-9-17/h3-4,6-7,12,17-18,27H,8-11H2,1H3,(H,23,26)(H3,21,22,24,25)/t17-,18-. The average Bonchev–Trinajstić information content (AvgIpc) is 2.64. The number of aromatic nitrogens is 2. The highest BCUT2D eigenvalue weighted by Crippen LogP contribution is 2.23. The first-order valence-electron chi connectivity index (χ1n) is 8.96. The second-order valence-electron chi connectivity index (χ2n) is 6.65. The second-order valence-corrected chi connectivity index (χ2v) is 6.65. The third kappa shape index (κ3) is 5.43. The van der Waals surface area contributed by atoms with E-state index in [1.165, 1.54) is 6.92 Å². The third-order valence-corrected chi connectivity index (χ3v) is 4.39. The van der Waals surface area contributed by atoms with E-state index in [4.69, 9.17) is 5.73 Å². The van der Waals surface area contributed by atoms with Crippen molar-refractivity contribution in [2.24, 2.45) is 0 Å². The summed E-state index contributed by atoms with van der Waals surface area (Å²) in [6, 6.07) is 7.52. The van der Waals surface area contributed by atoms with Crippen LogP contribution < -0.4 is 16.4 Å². The van der Waals surface area contributed by atoms with Crippen LogP contribution in [-0.4, -0.2) is 33.1 Å². The van der Waals surface area contributed by atoms with Crippen LogP contribution in [0.5, 0.6) is 0 Å². The zero-order chi connectivity index (χ0) is 19.2. The summed E-state index contributed by atoms with van der Waals surface area (Å²) in [5.41, 5.74) is 7.94. The number of nitrogens with two attached hydrogens (primary N) is 1. The van der Waals surface area contributed by atoms with Crippen LogP contribution >= 0.6 is 0 Å². The summed E-state index contributed by atoms with van der Waals surface area (Å²) in [7, 11) is 0. The van der Waals surface area contributed by atoms with Crippen molar-refractivity contribution in [3.63, 3.8) is 0 Å². The Morgan fingerprint density at radius 1 is 1.19 bits per heavy atom. The van der Waals surface area contributed by atoms with Gasteiger partial charge in [-0.2, -0.15) is 4.98 Å². The van der Waals surface area contributed by atoms with Crippen molar-refractivity contribution in [2.75, 3.05) is 16.4 Å². The van der Waals surface area contributed by atoms with Crippen LogP contribution in [0.15, 0.2) is 30.5 Å². The first kappa shape index (κ1) is 18.7. The number of carbonyl (C=O) groups excluding carboxylic acids is 1. The number of hydrogen-bond donors (Lipinski definition) is 4. The topological polar surface area (TPSA) is 113 Å². The van der Waals surface area contributed by atoms with Gasteiger partial charge in [0.05, 0.1) is 17.9 Å². The molecule has 0 radical (unpaired) electrons. The number of nitrogens with zero attached hydrogens (tertiary/aromatic N) is 2. The average molecular weight is 365 g/mol. The minimum absolute atomic E-state index is 0.112. The molecule has 27 heavy (non-hydrogen) atoms. The molecule has 1 saturated carbocycles. The molecule has 1 fully saturated rings. The van der Waals surface area contributed by atoms with Gasteiger partial charge in [0.15, 0.2) is 0 Å². The van der Waals surface area contributed by atoms with Crippen LogP contribution in [0.3, 0.4) is 0 Å². The number of carbonyl (C=O) groups is 1. The monoisotopic (exact) mass is 365 g/mol. The highest BCUT2D eigenvalue weighted by Gasteiger charge is 2.20. The van der Waals surface area contributed by atoms with E-state index in [1.807, 2.05) is 12.1 Å². The van der Waals surface area contributed by atoms with Crippen molar-refractivity contribution in [1.29, 1.82) is 0 Å². The number of nitrogens with one attached hydrogen (secondary N) is 2. The normalized spacial score (nSPS) is 18.9. The molecule has 0 unspecified atom stereocenters. The lowest BCUT2D eigenvalue weighted by molar-refractivity contribution is -0.114. The van der Waals surface area contributed by atoms with Gasteiger partial charge in [0.1, 0.15) is 5.82 Å². The molecular formula is C20H23N5O2. The van der Waals surface area contributed by atoms with E-state index in [0.29, 0.717) is 11.4 Å². The minimum atomic E-state index is -0.210. The summed E-state index contributed by atoms with van der Waals surface area (Å²) in [6.07, 6.45) is 4.71. The Balaban J connectivity index is 1.75. The first-order chi connectivity index (χ1) is 13.0. The summed E-state index contributed by atoms with van der Waals surface area (Å²) >= 11 is 0. The van der Waals surface area contributed by atoms with Gasteiger partial charge in [-0.15, -0.1) is 0 Å². The summed E-state index contributed by atoms with van der Waals surface area (Å²) in [5, 5.41) is 15.8. The summed E-state index contributed by atoms with van der Waals surface area (Å²) in [6.45, 7) is 1.47. The molecule has 1 aromatic heterocycles. The number of amides is 1. The van der Waals surface area contributed by atoms with E-state index in [9.17, 15) is 9.90 Å². The molecule has 1 amide bonds. The molecule has 1 heterocycles. The highest BCUT2D eigenvalue weighted by atomic mass is 16.3. The Labute approximate surface area is 158 Å². The lowest BCUT2D eigenvalue weighted by Crippen LogP contribution is -2.29. The van der Waals surface area contributed by atoms with Crippen molar-refractivity contribution in [1.82, 2.24) is 9.97 Å². The number of hydrogen-bond acceptors (Lipinski definition) is 6. The maximum atomic E-state index is 11.1. The van der Waals surface area contributed by atoms with E-state index in [2.05, 4.69) is 32.4 Å². The van der Waals surface area contributed by atoms with E-state index in [-0.39, 0.29) is 24.0 Å². The molecule has 0 saturated heterocycles. The summed E-state index contributed by atoms with van der Waals surface area (Å²) < 4.78 is 0. The van der Waals surface area contributed by atoms with E-state index in [0.717, 1.165) is 36.9 Å². The molecule has 2 aromatic rings. The Hall–Kier alpha value is -3.11. The van der Waals surface area contributed by atoms with Gasteiger partial charge in [-0.1, -0.05) is 11.8 Å². The van der Waals surface area contributed by atoms with Gasteiger partial charge >= 0.3 is 0 Å². The fourth-order valence-corrected chi connectivity index (χ4v) is 2.99. The van der Waals surface area contributed by atoms with Crippen LogP contribution in [0.1, 0.15) is 43.7 Å². The van der Waals surface area contributed by atoms with Gasteiger partial charge in [-0.05, 0) is 49.9 Å². The van der Waals surface area contributed by atoms with Crippen molar-refractivity contribution in [3.05, 3.63) is 41.6 Å². The molecular weight excluding hydrogens is 342 g/mol. The van der Waals surface area contributed by atoms with Crippen LogP contribution in [0.25, 0.3) is 0 Å². The molecule has 7 nitrogen and oxygen atoms in total. The highest BCUT2D eigenvalue weighted by molar-refractivity contribution is 5.88. The number of benzene rings is 1. The Morgan fingerprint density at radius 3 is 2.56 bits per heavy atom. The third-order valence-electron chi connectivity index (χ3n) is 4.39. The Kier molecular flexibility index (Phi) is 5.89. The van der Waals surface area contributed by atoms with Gasteiger partial charge < -0.3 is 21.5 Å². The van der Waals surface area contributed by atoms with Gasteiger partial charge in [0.25, 0.3) is 0 Å². The van der Waals surface area contributed by atoms with Crippen molar-refractivity contribution < 1.29 is 9.90 Å². The van der Waals surface area contributed by atoms with Gasteiger partial charge in [-0.3, -0.25) is 4.79 Å². The predicted molar refractivity (Wildman–Crippen MR) is 105 cm³/mol. The molecule has 1 aromatic carbocycles. The molecule has 3 rings (SSSR count). The van der Waals surface area contributed by atoms with Gasteiger partial charge in [-0.25, -0.2) is 4.98 Å². The van der Waals surface area contributed by atoms with E-state index < -0.39 is 0 Å². The van der Waals surface area contributed by atoms with E-state index >= 15 is 0 Å². The fraction of sp³-hybridized carbons (Fsp3) is 0.350. The number of aliphatic hydroxyl groups excluding tert-OH is 1. The first-order valence-corrected chi connectivity index (χ1v) is 8.96. The zero-order valence-electron chi connectivity index (χ0n) is 15.2. The fourth-order valence-electron chi connectivity index (χ4n) is 2.99. The van der Waals surface area contributed by atoms with Crippen LogP contribution in [-0.2, 0) is 4.79 Å². The lowest BCUT2D eigenvalue weighted by Gasteiger charge is -2.26. The molecule has 5 N–H and O–H groups in total. The Morgan fingerprint density at radius 2 is 1.89 bits per heavy atom. The predicted octanol–water partition coefficient (Wildman–Crippen LogP) is 2.13. The Bertz CT molecular complexity index is 862. The number of anilines is 3. The second kappa shape index (κ2) is 8.52. The molecule has 7 heteroatoms. The number of nitrogen functional groups attached to an aromatic ring is 1. The van der Waals surface area contributed by atoms with Crippen LogP contribution in [0.4, 0.5) is 17.5 Å². The molecule has 1 aliphatic carbocycles. The van der Waals surface area contributed by atoms with Crippen molar-refractivity contribution in [2.45, 2.75) is 44.8 Å². The van der Waals surface area contributed by atoms with Gasteiger partial charge in [0, 0.05) is 24.2 Å². The molecule has 0 spiro atoms. The zero-order valence-corrected chi connectivity index (χ0v) is 15.2. The maximum absolute atomic E-state index is 11.1. The molecule has 1 aliphatic rings. The largest absolute Gasteiger partial charge is 0.393 e. The van der Waals surface area contributed by atoms with Crippen molar-refractivity contribution in [3.8, 4) is 11.8 Å². The van der Waals surface area contributed by atoms with Gasteiger partial charge in [0.2, 0.25) is 11.9 Å². The summed E-state index contributed by atoms with van der Waals surface area (Å²) in [4.78, 5) is 19.4. The van der Waals surface area contributed by atoms with Crippen LogP contribution in [0.2, 0.25) is 0 Å². The molecule has 0 aliphatic heterocycles. The number of aliphatic hydroxyl groups is 1. The minimum Gasteiger partial charge on any atom is -0.393 e. The SMILES string of the molecule is CC(=O)Nc1ccc(C#Cc2cnc(N)nc2N[C@H]2CC[C@H](O)CC2)cc1. The van der Waals surface area contributed by atoms with Crippen LogP contribution in [0, 0.1) is 11.8 Å². The molecule has 0 bridgehead atoms.